The second-order valence-corrected chi connectivity index (χ2v) is 3.75. The number of hydrogen-bond acceptors (Lipinski definition) is 7. The minimum absolute atomic E-state index is 0.232. The maximum Gasteiger partial charge on any atom is 0.356 e. The van der Waals surface area contributed by atoms with Gasteiger partial charge in [-0.2, -0.15) is 0 Å². The number of carbonyl (C=O) groups is 1. The summed E-state index contributed by atoms with van der Waals surface area (Å²) in [6, 6.07) is 8.41. The van der Waals surface area contributed by atoms with Gasteiger partial charge in [-0.3, -0.25) is 0 Å². The number of nitrogens with two attached hydrogens (primary N) is 1. The van der Waals surface area contributed by atoms with E-state index in [-0.39, 0.29) is 5.69 Å². The molecule has 0 spiro atoms. The van der Waals surface area contributed by atoms with Crippen molar-refractivity contribution in [1.29, 1.82) is 0 Å². The van der Waals surface area contributed by atoms with Crippen molar-refractivity contribution in [3.63, 3.8) is 0 Å². The Hall–Kier alpha value is -2.70. The van der Waals surface area contributed by atoms with Crippen LogP contribution in [0.1, 0.15) is 10.5 Å². The molecule has 2 aromatic rings. The Kier molecular flexibility index (Phi) is 3.56. The zero-order valence-corrected chi connectivity index (χ0v) is 10.6. The minimum Gasteiger partial charge on any atom is -0.464 e. The van der Waals surface area contributed by atoms with Gasteiger partial charge >= 0.3 is 5.97 Å². The van der Waals surface area contributed by atoms with Crippen LogP contribution in [0.2, 0.25) is 0 Å². The normalized spacial score (nSPS) is 10.0. The molecule has 19 heavy (non-hydrogen) atoms. The molecular formula is C12H13N5O2. The summed E-state index contributed by atoms with van der Waals surface area (Å²) < 4.78 is 4.63. The second kappa shape index (κ2) is 5.30. The Labute approximate surface area is 110 Å². The quantitative estimate of drug-likeness (QED) is 0.822. The van der Waals surface area contributed by atoms with E-state index in [2.05, 4.69) is 19.9 Å². The molecule has 2 N–H and O–H groups in total. The number of pyridine rings is 1. The van der Waals surface area contributed by atoms with Crippen molar-refractivity contribution in [2.24, 2.45) is 0 Å². The van der Waals surface area contributed by atoms with Gasteiger partial charge in [-0.15, -0.1) is 10.2 Å². The van der Waals surface area contributed by atoms with Gasteiger partial charge in [0.2, 0.25) is 0 Å². The van der Waals surface area contributed by atoms with Crippen LogP contribution in [0, 0.1) is 0 Å². The van der Waals surface area contributed by atoms with Crippen molar-refractivity contribution >= 4 is 23.4 Å². The molecule has 0 saturated carbocycles. The number of anilines is 3. The molecule has 0 aliphatic rings. The van der Waals surface area contributed by atoms with Gasteiger partial charge in [0.1, 0.15) is 11.6 Å². The highest BCUT2D eigenvalue weighted by molar-refractivity contribution is 5.87. The summed E-state index contributed by atoms with van der Waals surface area (Å²) in [4.78, 5) is 17.3. The molecule has 2 heterocycles. The van der Waals surface area contributed by atoms with Crippen LogP contribution < -0.4 is 10.6 Å². The van der Waals surface area contributed by atoms with Crippen LogP contribution in [-0.2, 0) is 4.74 Å². The summed E-state index contributed by atoms with van der Waals surface area (Å²) in [5.74, 6) is 0.984. The molecule has 2 rings (SSSR count). The van der Waals surface area contributed by atoms with Gasteiger partial charge in [-0.1, -0.05) is 6.07 Å². The fourth-order valence-electron chi connectivity index (χ4n) is 1.46. The van der Waals surface area contributed by atoms with Gasteiger partial charge in [0.25, 0.3) is 0 Å². The zero-order valence-electron chi connectivity index (χ0n) is 10.6. The summed E-state index contributed by atoms with van der Waals surface area (Å²) in [5.41, 5.74) is 5.71. The third-order valence-electron chi connectivity index (χ3n) is 2.49. The van der Waals surface area contributed by atoms with Crippen LogP contribution in [0.25, 0.3) is 0 Å². The van der Waals surface area contributed by atoms with Gasteiger partial charge in [-0.05, 0) is 24.3 Å². The lowest BCUT2D eigenvalue weighted by Crippen LogP contribution is -2.15. The largest absolute Gasteiger partial charge is 0.464 e. The van der Waals surface area contributed by atoms with Crippen LogP contribution in [0.15, 0.2) is 30.3 Å². The summed E-state index contributed by atoms with van der Waals surface area (Å²) in [5, 5.41) is 7.71. The molecule has 7 heteroatoms. The summed E-state index contributed by atoms with van der Waals surface area (Å²) in [6.07, 6.45) is 0. The topological polar surface area (TPSA) is 94.2 Å². The zero-order chi connectivity index (χ0) is 13.8. The molecule has 0 saturated heterocycles. The SMILES string of the molecule is COC(=O)c1cccc(N(C)c2ccc(N)nn2)n1. The first-order valence-corrected chi connectivity index (χ1v) is 5.50. The van der Waals surface area contributed by atoms with E-state index in [1.54, 1.807) is 42.3 Å². The van der Waals surface area contributed by atoms with E-state index in [0.29, 0.717) is 17.5 Å². The van der Waals surface area contributed by atoms with Crippen molar-refractivity contribution in [3.8, 4) is 0 Å². The van der Waals surface area contributed by atoms with Gasteiger partial charge in [0, 0.05) is 7.05 Å². The molecule has 0 radical (unpaired) electrons. The van der Waals surface area contributed by atoms with Gasteiger partial charge in [-0.25, -0.2) is 9.78 Å². The van der Waals surface area contributed by atoms with E-state index in [4.69, 9.17) is 5.73 Å². The highest BCUT2D eigenvalue weighted by Gasteiger charge is 2.11. The Morgan fingerprint density at radius 3 is 2.63 bits per heavy atom. The number of hydrogen-bond donors (Lipinski definition) is 1. The molecule has 0 amide bonds. The van der Waals surface area contributed by atoms with Gasteiger partial charge in [0.15, 0.2) is 11.5 Å². The number of aromatic nitrogens is 3. The predicted molar refractivity (Wildman–Crippen MR) is 70.1 cm³/mol. The molecule has 0 aromatic carbocycles. The Bertz CT molecular complexity index is 585. The minimum atomic E-state index is -0.487. The maximum absolute atomic E-state index is 11.4. The van der Waals surface area contributed by atoms with Crippen LogP contribution >= 0.6 is 0 Å². The van der Waals surface area contributed by atoms with E-state index in [0.717, 1.165) is 0 Å². The van der Waals surface area contributed by atoms with Crippen molar-refractivity contribution in [3.05, 3.63) is 36.0 Å². The standard InChI is InChI=1S/C12H13N5O2/c1-17(11-7-6-9(13)15-16-11)10-5-3-4-8(14-10)12(18)19-2/h3-7H,1-2H3,(H2,13,15). The van der Waals surface area contributed by atoms with E-state index >= 15 is 0 Å². The highest BCUT2D eigenvalue weighted by Crippen LogP contribution is 2.19. The molecular weight excluding hydrogens is 246 g/mol. The molecule has 0 bridgehead atoms. The van der Waals surface area contributed by atoms with E-state index < -0.39 is 5.97 Å². The lowest BCUT2D eigenvalue weighted by Gasteiger charge is -2.16. The van der Waals surface area contributed by atoms with Crippen LogP contribution in [0.4, 0.5) is 17.5 Å². The van der Waals surface area contributed by atoms with Gasteiger partial charge < -0.3 is 15.4 Å². The molecule has 0 atom stereocenters. The second-order valence-electron chi connectivity index (χ2n) is 3.75. The molecule has 0 fully saturated rings. The van der Waals surface area contributed by atoms with Crippen molar-refractivity contribution in [2.75, 3.05) is 24.8 Å². The molecule has 7 nitrogen and oxygen atoms in total. The fourth-order valence-corrected chi connectivity index (χ4v) is 1.46. The number of nitrogen functional groups attached to an aromatic ring is 1. The number of ether oxygens (including phenoxy) is 1. The third kappa shape index (κ3) is 2.76. The summed E-state index contributed by atoms with van der Waals surface area (Å²) in [6.45, 7) is 0. The Balaban J connectivity index is 2.31. The first-order chi connectivity index (χ1) is 9.11. The highest BCUT2D eigenvalue weighted by atomic mass is 16.5. The number of rotatable bonds is 3. The molecule has 0 aliphatic heterocycles. The first kappa shape index (κ1) is 12.7. The smallest absolute Gasteiger partial charge is 0.356 e. The predicted octanol–water partition coefficient (Wildman–Crippen LogP) is 1.01. The lowest BCUT2D eigenvalue weighted by molar-refractivity contribution is 0.0594. The first-order valence-electron chi connectivity index (χ1n) is 5.50. The Morgan fingerprint density at radius 1 is 1.21 bits per heavy atom. The fraction of sp³-hybridized carbons (Fsp3) is 0.167. The van der Waals surface area contributed by atoms with Crippen molar-refractivity contribution < 1.29 is 9.53 Å². The molecule has 0 aliphatic carbocycles. The number of esters is 1. The van der Waals surface area contributed by atoms with Gasteiger partial charge in [0.05, 0.1) is 7.11 Å². The van der Waals surface area contributed by atoms with E-state index in [9.17, 15) is 4.79 Å². The maximum atomic E-state index is 11.4. The van der Waals surface area contributed by atoms with Crippen LogP contribution in [-0.4, -0.2) is 35.3 Å². The monoisotopic (exact) mass is 259 g/mol. The van der Waals surface area contributed by atoms with E-state index in [1.165, 1.54) is 7.11 Å². The average Bonchev–Trinajstić information content (AvgIpc) is 2.46. The van der Waals surface area contributed by atoms with Crippen molar-refractivity contribution in [1.82, 2.24) is 15.2 Å². The number of methoxy groups -OCH3 is 1. The van der Waals surface area contributed by atoms with Crippen molar-refractivity contribution in [2.45, 2.75) is 0 Å². The number of carbonyl (C=O) groups excluding carboxylic acids is 1. The molecule has 0 unspecified atom stereocenters. The summed E-state index contributed by atoms with van der Waals surface area (Å²) in [7, 11) is 3.08. The lowest BCUT2D eigenvalue weighted by atomic mass is 10.3. The summed E-state index contributed by atoms with van der Waals surface area (Å²) >= 11 is 0. The number of nitrogens with zero attached hydrogens (tertiary/aromatic N) is 4. The Morgan fingerprint density at radius 2 is 2.00 bits per heavy atom. The molecule has 98 valence electrons. The van der Waals surface area contributed by atoms with Crippen LogP contribution in [0.5, 0.6) is 0 Å². The third-order valence-corrected chi connectivity index (χ3v) is 2.49. The average molecular weight is 259 g/mol. The molecule has 2 aromatic heterocycles. The van der Waals surface area contributed by atoms with E-state index in [1.807, 2.05) is 0 Å². The van der Waals surface area contributed by atoms with Crippen LogP contribution in [0.3, 0.4) is 0 Å².